The molecule has 0 heterocycles. The highest BCUT2D eigenvalue weighted by atomic mass is 16.5. The molecule has 1 saturated carbocycles. The number of para-hydroxylation sites is 1. The first-order valence-corrected chi connectivity index (χ1v) is 5.16. The van der Waals surface area contributed by atoms with Gasteiger partial charge in [-0.3, -0.25) is 4.79 Å². The third-order valence-electron chi connectivity index (χ3n) is 3.17. The molecule has 0 amide bonds. The molecule has 0 aromatic heterocycles. The third kappa shape index (κ3) is 1.55. The van der Waals surface area contributed by atoms with Gasteiger partial charge in [-0.25, -0.2) is 0 Å². The van der Waals surface area contributed by atoms with Crippen molar-refractivity contribution in [1.82, 2.24) is 0 Å². The van der Waals surface area contributed by atoms with Gasteiger partial charge in [-0.05, 0) is 18.9 Å². The largest absolute Gasteiger partial charge is 0.496 e. The lowest BCUT2D eigenvalue weighted by atomic mass is 9.92. The minimum atomic E-state index is -1.01. The third-order valence-corrected chi connectivity index (χ3v) is 3.17. The Labute approximate surface area is 93.5 Å². The van der Waals surface area contributed by atoms with Gasteiger partial charge < -0.3 is 14.9 Å². The Kier molecular flexibility index (Phi) is 2.59. The molecule has 1 aromatic rings. The van der Waals surface area contributed by atoms with E-state index in [1.807, 2.05) is 0 Å². The van der Waals surface area contributed by atoms with Crippen LogP contribution in [0.3, 0.4) is 0 Å². The van der Waals surface area contributed by atoms with Crippen LogP contribution < -0.4 is 4.74 Å². The molecule has 1 aliphatic rings. The van der Waals surface area contributed by atoms with Crippen LogP contribution in [0.25, 0.3) is 0 Å². The number of ether oxygens (including phenoxy) is 1. The molecular formula is C12H14O4. The van der Waals surface area contributed by atoms with E-state index >= 15 is 0 Å². The van der Waals surface area contributed by atoms with E-state index < -0.39 is 17.5 Å². The van der Waals surface area contributed by atoms with Gasteiger partial charge in [-0.1, -0.05) is 18.2 Å². The van der Waals surface area contributed by atoms with E-state index in [-0.39, 0.29) is 0 Å². The van der Waals surface area contributed by atoms with Gasteiger partial charge in [-0.15, -0.1) is 0 Å². The summed E-state index contributed by atoms with van der Waals surface area (Å²) in [6, 6.07) is 6.97. The molecule has 4 nitrogen and oxygen atoms in total. The van der Waals surface area contributed by atoms with Crippen molar-refractivity contribution in [3.8, 4) is 5.75 Å². The van der Waals surface area contributed by atoms with Crippen LogP contribution >= 0.6 is 0 Å². The molecule has 16 heavy (non-hydrogen) atoms. The van der Waals surface area contributed by atoms with Gasteiger partial charge in [0.05, 0.1) is 18.6 Å². The molecule has 1 unspecified atom stereocenters. The zero-order valence-electron chi connectivity index (χ0n) is 9.01. The van der Waals surface area contributed by atoms with Crippen molar-refractivity contribution in [3.05, 3.63) is 29.8 Å². The number of hydrogen-bond acceptors (Lipinski definition) is 3. The van der Waals surface area contributed by atoms with Crippen molar-refractivity contribution in [1.29, 1.82) is 0 Å². The van der Waals surface area contributed by atoms with E-state index in [0.29, 0.717) is 24.2 Å². The van der Waals surface area contributed by atoms with Crippen LogP contribution in [0.2, 0.25) is 0 Å². The first-order valence-electron chi connectivity index (χ1n) is 5.16. The minimum Gasteiger partial charge on any atom is -0.496 e. The van der Waals surface area contributed by atoms with Crippen LogP contribution in [0.1, 0.15) is 24.5 Å². The van der Waals surface area contributed by atoms with Gasteiger partial charge in [0.1, 0.15) is 5.75 Å². The maximum Gasteiger partial charge on any atom is 0.312 e. The normalized spacial score (nSPS) is 18.9. The van der Waals surface area contributed by atoms with E-state index in [0.717, 1.165) is 0 Å². The standard InChI is InChI=1S/C12H14O4/c1-16-9-5-3-2-4-8(9)10(13)12(6-7-12)11(14)15/h2-5,10,13H,6-7H2,1H3,(H,14,15). The van der Waals surface area contributed by atoms with Crippen LogP contribution in [0.15, 0.2) is 24.3 Å². The number of methoxy groups -OCH3 is 1. The molecule has 4 heteroatoms. The highest BCUT2D eigenvalue weighted by Gasteiger charge is 2.56. The van der Waals surface area contributed by atoms with Crippen LogP contribution in [-0.4, -0.2) is 23.3 Å². The second-order valence-corrected chi connectivity index (χ2v) is 4.11. The van der Waals surface area contributed by atoms with Crippen molar-refractivity contribution in [2.45, 2.75) is 18.9 Å². The van der Waals surface area contributed by atoms with E-state index in [1.165, 1.54) is 7.11 Å². The second kappa shape index (κ2) is 3.79. The molecule has 1 aliphatic carbocycles. The van der Waals surface area contributed by atoms with Crippen molar-refractivity contribution in [2.75, 3.05) is 7.11 Å². The summed E-state index contributed by atoms with van der Waals surface area (Å²) < 4.78 is 5.12. The number of hydrogen-bond donors (Lipinski definition) is 2. The lowest BCUT2D eigenvalue weighted by molar-refractivity contribution is -0.148. The van der Waals surface area contributed by atoms with E-state index in [9.17, 15) is 9.90 Å². The number of aliphatic hydroxyl groups excluding tert-OH is 1. The molecule has 1 atom stereocenters. The van der Waals surface area contributed by atoms with Gasteiger partial charge in [0.15, 0.2) is 0 Å². The summed E-state index contributed by atoms with van der Waals surface area (Å²) in [4.78, 5) is 11.1. The topological polar surface area (TPSA) is 66.8 Å². The van der Waals surface area contributed by atoms with Crippen LogP contribution in [0.5, 0.6) is 5.75 Å². The van der Waals surface area contributed by atoms with E-state index in [2.05, 4.69) is 0 Å². The Balaban J connectivity index is 2.34. The summed E-state index contributed by atoms with van der Waals surface area (Å²) >= 11 is 0. The number of benzene rings is 1. The maximum absolute atomic E-state index is 11.1. The fraction of sp³-hybridized carbons (Fsp3) is 0.417. The molecule has 2 rings (SSSR count). The molecule has 1 fully saturated rings. The van der Waals surface area contributed by atoms with Crippen LogP contribution in [-0.2, 0) is 4.79 Å². The van der Waals surface area contributed by atoms with Gasteiger partial charge in [-0.2, -0.15) is 0 Å². The monoisotopic (exact) mass is 222 g/mol. The predicted molar refractivity (Wildman–Crippen MR) is 57.3 cm³/mol. The molecular weight excluding hydrogens is 208 g/mol. The lowest BCUT2D eigenvalue weighted by Crippen LogP contribution is -2.23. The highest BCUT2D eigenvalue weighted by Crippen LogP contribution is 2.56. The molecule has 86 valence electrons. The summed E-state index contributed by atoms with van der Waals surface area (Å²) in [5, 5.41) is 19.2. The average molecular weight is 222 g/mol. The minimum absolute atomic E-state index is 0.515. The van der Waals surface area contributed by atoms with E-state index in [1.54, 1.807) is 24.3 Å². The van der Waals surface area contributed by atoms with Crippen molar-refractivity contribution in [3.63, 3.8) is 0 Å². The molecule has 0 saturated heterocycles. The van der Waals surface area contributed by atoms with Gasteiger partial charge in [0, 0.05) is 5.56 Å². The summed E-state index contributed by atoms with van der Waals surface area (Å²) in [6.45, 7) is 0. The first-order chi connectivity index (χ1) is 7.62. The first kappa shape index (κ1) is 11.0. The Morgan fingerprint density at radius 1 is 1.44 bits per heavy atom. The van der Waals surface area contributed by atoms with Crippen LogP contribution in [0.4, 0.5) is 0 Å². The fourth-order valence-electron chi connectivity index (χ4n) is 1.93. The summed E-state index contributed by atoms with van der Waals surface area (Å²) in [6.07, 6.45) is 0.0319. The van der Waals surface area contributed by atoms with Crippen molar-refractivity contribution < 1.29 is 19.7 Å². The number of carbonyl (C=O) groups is 1. The number of aliphatic carboxylic acids is 1. The number of carboxylic acids is 1. The fourth-order valence-corrected chi connectivity index (χ4v) is 1.93. The molecule has 0 spiro atoms. The van der Waals surface area contributed by atoms with E-state index in [4.69, 9.17) is 9.84 Å². The molecule has 0 aliphatic heterocycles. The van der Waals surface area contributed by atoms with Gasteiger partial charge in [0.2, 0.25) is 0 Å². The Morgan fingerprint density at radius 2 is 2.06 bits per heavy atom. The summed E-state index contributed by atoms with van der Waals surface area (Å²) in [5.41, 5.74) is -0.459. The second-order valence-electron chi connectivity index (χ2n) is 4.11. The van der Waals surface area contributed by atoms with Gasteiger partial charge >= 0.3 is 5.97 Å². The number of rotatable bonds is 4. The lowest BCUT2D eigenvalue weighted by Gasteiger charge is -2.20. The predicted octanol–water partition coefficient (Wildman–Crippen LogP) is 1.59. The Hall–Kier alpha value is -1.55. The average Bonchev–Trinajstić information content (AvgIpc) is 3.09. The SMILES string of the molecule is COc1ccccc1C(O)C1(C(=O)O)CC1. The van der Waals surface area contributed by atoms with Crippen molar-refractivity contribution in [2.24, 2.45) is 5.41 Å². The molecule has 1 aromatic carbocycles. The number of aliphatic hydroxyl groups is 1. The molecule has 0 radical (unpaired) electrons. The quantitative estimate of drug-likeness (QED) is 0.811. The van der Waals surface area contributed by atoms with Gasteiger partial charge in [0.25, 0.3) is 0 Å². The smallest absolute Gasteiger partial charge is 0.312 e. The molecule has 0 bridgehead atoms. The Bertz CT molecular complexity index is 409. The summed E-state index contributed by atoms with van der Waals surface area (Å²) in [5.74, 6) is -0.409. The highest BCUT2D eigenvalue weighted by molar-refractivity contribution is 5.79. The zero-order valence-corrected chi connectivity index (χ0v) is 9.01. The zero-order chi connectivity index (χ0) is 11.8. The summed E-state index contributed by atoms with van der Waals surface area (Å²) in [7, 11) is 1.51. The van der Waals surface area contributed by atoms with Crippen molar-refractivity contribution >= 4 is 5.97 Å². The maximum atomic E-state index is 11.1. The molecule has 2 N–H and O–H groups in total. The number of carboxylic acid groups (broad SMARTS) is 1. The van der Waals surface area contributed by atoms with Crippen LogP contribution in [0, 0.1) is 5.41 Å². The Morgan fingerprint density at radius 3 is 2.56 bits per heavy atom.